The topological polar surface area (TPSA) is 57.4 Å². The van der Waals surface area contributed by atoms with E-state index in [2.05, 4.69) is 19.9 Å². The summed E-state index contributed by atoms with van der Waals surface area (Å²) in [6, 6.07) is 5.17. The number of aromatic amines is 2. The van der Waals surface area contributed by atoms with Crippen LogP contribution in [0.2, 0.25) is 10.3 Å². The molecular formula is C14H7Cl2FN4. The summed E-state index contributed by atoms with van der Waals surface area (Å²) < 4.78 is 14.7. The summed E-state index contributed by atoms with van der Waals surface area (Å²) in [6.45, 7) is 0. The van der Waals surface area contributed by atoms with E-state index in [9.17, 15) is 4.39 Å². The highest BCUT2D eigenvalue weighted by molar-refractivity contribution is 6.35. The van der Waals surface area contributed by atoms with Gasteiger partial charge in [-0.2, -0.15) is 0 Å². The summed E-state index contributed by atoms with van der Waals surface area (Å²) in [6.07, 6.45) is 3.24. The van der Waals surface area contributed by atoms with Crippen molar-refractivity contribution in [2.75, 3.05) is 0 Å². The van der Waals surface area contributed by atoms with Crippen molar-refractivity contribution >= 4 is 45.1 Å². The van der Waals surface area contributed by atoms with Gasteiger partial charge in [0.1, 0.15) is 16.5 Å². The lowest BCUT2D eigenvalue weighted by Crippen LogP contribution is -1.92. The van der Waals surface area contributed by atoms with Crippen molar-refractivity contribution in [2.24, 2.45) is 0 Å². The molecule has 0 aromatic carbocycles. The molecule has 0 spiro atoms. The highest BCUT2D eigenvalue weighted by atomic mass is 35.5. The molecule has 0 aliphatic heterocycles. The number of nitrogens with one attached hydrogen (secondary N) is 2. The standard InChI is InChI=1S/C14H7Cl2FN4/c15-12-8(6-2-1-4-19-14(6)21-12)11-9(17)7-3-5-18-10(7)13(16)20-11/h1-5,18H,(H,19,21). The van der Waals surface area contributed by atoms with Crippen molar-refractivity contribution in [3.63, 3.8) is 0 Å². The third-order valence-electron chi connectivity index (χ3n) is 3.37. The molecule has 0 amide bonds. The number of hydrogen-bond acceptors (Lipinski definition) is 2. The van der Waals surface area contributed by atoms with Crippen molar-refractivity contribution in [3.05, 3.63) is 46.7 Å². The van der Waals surface area contributed by atoms with Crippen molar-refractivity contribution < 1.29 is 4.39 Å². The smallest absolute Gasteiger partial charge is 0.159 e. The van der Waals surface area contributed by atoms with Crippen LogP contribution in [0.25, 0.3) is 33.2 Å². The molecule has 0 atom stereocenters. The van der Waals surface area contributed by atoms with Gasteiger partial charge in [0.25, 0.3) is 0 Å². The summed E-state index contributed by atoms with van der Waals surface area (Å²) in [7, 11) is 0. The van der Waals surface area contributed by atoms with Gasteiger partial charge in [0, 0.05) is 28.7 Å². The second-order valence-corrected chi connectivity index (χ2v) is 5.28. The summed E-state index contributed by atoms with van der Waals surface area (Å²) in [5.74, 6) is -0.470. The Morgan fingerprint density at radius 2 is 2.00 bits per heavy atom. The summed E-state index contributed by atoms with van der Waals surface area (Å²) >= 11 is 12.3. The number of aromatic nitrogens is 4. The van der Waals surface area contributed by atoms with Crippen LogP contribution in [0.5, 0.6) is 0 Å². The van der Waals surface area contributed by atoms with Crippen LogP contribution in [0.3, 0.4) is 0 Å². The average Bonchev–Trinajstić information content (AvgIpc) is 3.07. The van der Waals surface area contributed by atoms with Gasteiger partial charge in [-0.15, -0.1) is 0 Å². The average molecular weight is 321 g/mol. The fourth-order valence-corrected chi connectivity index (χ4v) is 2.96. The molecule has 104 valence electrons. The zero-order valence-corrected chi connectivity index (χ0v) is 11.9. The number of halogens is 3. The first-order valence-corrected chi connectivity index (χ1v) is 6.87. The molecule has 0 bridgehead atoms. The lowest BCUT2D eigenvalue weighted by atomic mass is 10.1. The van der Waals surface area contributed by atoms with Gasteiger partial charge in [-0.25, -0.2) is 14.4 Å². The minimum absolute atomic E-state index is 0.108. The second-order valence-electron chi connectivity index (χ2n) is 4.55. The molecule has 21 heavy (non-hydrogen) atoms. The Balaban J connectivity index is 2.14. The molecule has 0 aliphatic carbocycles. The molecule has 0 fully saturated rings. The highest BCUT2D eigenvalue weighted by Gasteiger charge is 2.21. The van der Waals surface area contributed by atoms with E-state index < -0.39 is 5.82 Å². The van der Waals surface area contributed by atoms with E-state index in [4.69, 9.17) is 23.2 Å². The third-order valence-corrected chi connectivity index (χ3v) is 3.93. The van der Waals surface area contributed by atoms with Crippen LogP contribution < -0.4 is 0 Å². The largest absolute Gasteiger partial charge is 0.359 e. The van der Waals surface area contributed by atoms with E-state index >= 15 is 0 Å². The second kappa shape index (κ2) is 4.44. The van der Waals surface area contributed by atoms with Crippen molar-refractivity contribution in [2.45, 2.75) is 0 Å². The zero-order valence-electron chi connectivity index (χ0n) is 10.4. The lowest BCUT2D eigenvalue weighted by Gasteiger charge is -2.05. The molecule has 0 unspecified atom stereocenters. The molecular weight excluding hydrogens is 314 g/mol. The zero-order chi connectivity index (χ0) is 14.6. The number of rotatable bonds is 1. The van der Waals surface area contributed by atoms with Crippen LogP contribution in [0.15, 0.2) is 30.6 Å². The maximum Gasteiger partial charge on any atom is 0.159 e. The predicted octanol–water partition coefficient (Wildman–Crippen LogP) is 4.55. The van der Waals surface area contributed by atoms with Gasteiger partial charge < -0.3 is 9.97 Å². The van der Waals surface area contributed by atoms with Crippen LogP contribution in [-0.2, 0) is 0 Å². The van der Waals surface area contributed by atoms with Crippen LogP contribution in [-0.4, -0.2) is 19.9 Å². The van der Waals surface area contributed by atoms with Gasteiger partial charge in [0.05, 0.1) is 5.52 Å². The maximum absolute atomic E-state index is 14.7. The van der Waals surface area contributed by atoms with Gasteiger partial charge in [-0.1, -0.05) is 23.2 Å². The number of nitrogens with zero attached hydrogens (tertiary/aromatic N) is 2. The van der Waals surface area contributed by atoms with Crippen molar-refractivity contribution in [1.82, 2.24) is 19.9 Å². The molecule has 0 radical (unpaired) electrons. The molecule has 0 saturated carbocycles. The van der Waals surface area contributed by atoms with Gasteiger partial charge in [-0.3, -0.25) is 0 Å². The Bertz CT molecular complexity index is 989. The van der Waals surface area contributed by atoms with E-state index in [-0.39, 0.29) is 16.0 Å². The SMILES string of the molecule is Fc1c(-c2c(Cl)[nH]c3ncccc23)nc(Cl)c2[nH]ccc12. The Kier molecular flexibility index (Phi) is 2.67. The van der Waals surface area contributed by atoms with E-state index in [0.29, 0.717) is 27.5 Å². The first-order valence-electron chi connectivity index (χ1n) is 6.11. The lowest BCUT2D eigenvalue weighted by molar-refractivity contribution is 0.638. The molecule has 4 heterocycles. The summed E-state index contributed by atoms with van der Waals surface area (Å²) in [4.78, 5) is 14.1. The van der Waals surface area contributed by atoms with Gasteiger partial charge in [0.2, 0.25) is 0 Å². The Morgan fingerprint density at radius 1 is 1.14 bits per heavy atom. The fraction of sp³-hybridized carbons (Fsp3) is 0. The highest BCUT2D eigenvalue weighted by Crippen LogP contribution is 2.38. The van der Waals surface area contributed by atoms with E-state index in [1.54, 1.807) is 30.6 Å². The molecule has 0 saturated heterocycles. The van der Waals surface area contributed by atoms with Crippen molar-refractivity contribution in [1.29, 1.82) is 0 Å². The molecule has 4 aromatic rings. The minimum atomic E-state index is -0.470. The summed E-state index contributed by atoms with van der Waals surface area (Å²) in [5, 5.41) is 1.54. The monoisotopic (exact) mass is 320 g/mol. The molecule has 4 nitrogen and oxygen atoms in total. The first kappa shape index (κ1) is 12.6. The van der Waals surface area contributed by atoms with Crippen molar-refractivity contribution in [3.8, 4) is 11.3 Å². The number of fused-ring (bicyclic) bond motifs is 2. The van der Waals surface area contributed by atoms with Gasteiger partial charge in [-0.05, 0) is 18.2 Å². The minimum Gasteiger partial charge on any atom is -0.359 e. The Morgan fingerprint density at radius 3 is 2.86 bits per heavy atom. The molecule has 4 aromatic heterocycles. The van der Waals surface area contributed by atoms with Crippen LogP contribution in [0, 0.1) is 5.82 Å². The molecule has 4 rings (SSSR count). The van der Waals surface area contributed by atoms with Gasteiger partial charge in [0.15, 0.2) is 11.0 Å². The fourth-order valence-electron chi connectivity index (χ4n) is 2.44. The molecule has 7 heteroatoms. The summed E-state index contributed by atoms with van der Waals surface area (Å²) in [5.41, 5.74) is 1.61. The van der Waals surface area contributed by atoms with Crippen LogP contribution in [0.4, 0.5) is 4.39 Å². The van der Waals surface area contributed by atoms with E-state index in [0.717, 1.165) is 0 Å². The maximum atomic E-state index is 14.7. The normalized spacial score (nSPS) is 11.6. The number of pyridine rings is 2. The van der Waals surface area contributed by atoms with Gasteiger partial charge >= 0.3 is 0 Å². The van der Waals surface area contributed by atoms with E-state index in [1.165, 1.54) is 0 Å². The predicted molar refractivity (Wildman–Crippen MR) is 81.2 cm³/mol. The van der Waals surface area contributed by atoms with Crippen LogP contribution >= 0.6 is 23.2 Å². The van der Waals surface area contributed by atoms with Crippen LogP contribution in [0.1, 0.15) is 0 Å². The molecule has 0 aliphatic rings. The molecule has 2 N–H and O–H groups in total. The Hall–Kier alpha value is -2.11. The van der Waals surface area contributed by atoms with E-state index in [1.807, 2.05) is 0 Å². The quantitative estimate of drug-likeness (QED) is 0.505. The Labute approximate surface area is 127 Å². The number of hydrogen-bond donors (Lipinski definition) is 2. The number of H-pyrrole nitrogens is 2. The third kappa shape index (κ3) is 1.74. The first-order chi connectivity index (χ1) is 10.2.